The fourth-order valence-corrected chi connectivity index (χ4v) is 1.05. The van der Waals surface area contributed by atoms with Crippen molar-refractivity contribution in [1.29, 1.82) is 0 Å². The maximum absolute atomic E-state index is 12.9. The van der Waals surface area contributed by atoms with Crippen LogP contribution >= 0.6 is 0 Å². The molecular weight excluding hydrogens is 272 g/mol. The molecule has 0 atom stereocenters. The SMILES string of the molecule is CC=CC(F)(F)C(F)(F)C(F)(F)C(F)(F)C=CC. The number of alkyl halides is 8. The average molecular weight is 282 g/mol. The third-order valence-corrected chi connectivity index (χ3v) is 1.98. The summed E-state index contributed by atoms with van der Waals surface area (Å²) in [5.41, 5.74) is 0. The van der Waals surface area contributed by atoms with Crippen molar-refractivity contribution in [3.05, 3.63) is 24.3 Å². The Morgan fingerprint density at radius 1 is 0.556 bits per heavy atom. The lowest BCUT2D eigenvalue weighted by Gasteiger charge is -2.34. The van der Waals surface area contributed by atoms with Crippen LogP contribution in [0.25, 0.3) is 0 Å². The molecule has 0 aromatic rings. The normalized spacial score (nSPS) is 15.9. The Labute approximate surface area is 98.0 Å². The van der Waals surface area contributed by atoms with Gasteiger partial charge >= 0.3 is 23.7 Å². The second kappa shape index (κ2) is 4.89. The van der Waals surface area contributed by atoms with Crippen LogP contribution in [-0.4, -0.2) is 23.7 Å². The van der Waals surface area contributed by atoms with E-state index in [9.17, 15) is 35.1 Å². The summed E-state index contributed by atoms with van der Waals surface area (Å²) in [5, 5.41) is 0. The first-order valence-corrected chi connectivity index (χ1v) is 4.66. The highest BCUT2D eigenvalue weighted by atomic mass is 19.4. The Bertz CT molecular complexity index is 306. The van der Waals surface area contributed by atoms with Crippen molar-refractivity contribution in [2.24, 2.45) is 0 Å². The zero-order chi connectivity index (χ0) is 14.8. The van der Waals surface area contributed by atoms with Crippen LogP contribution in [0.5, 0.6) is 0 Å². The quantitative estimate of drug-likeness (QED) is 0.507. The van der Waals surface area contributed by atoms with Gasteiger partial charge < -0.3 is 0 Å². The first kappa shape index (κ1) is 16.9. The summed E-state index contributed by atoms with van der Waals surface area (Å²) < 4.78 is 103. The maximum atomic E-state index is 12.9. The fourth-order valence-electron chi connectivity index (χ4n) is 1.05. The predicted octanol–water partition coefficient (Wildman–Crippen LogP) is 4.68. The molecule has 0 fully saturated rings. The Morgan fingerprint density at radius 3 is 0.944 bits per heavy atom. The van der Waals surface area contributed by atoms with E-state index in [2.05, 4.69) is 0 Å². The van der Waals surface area contributed by atoms with Crippen molar-refractivity contribution in [2.45, 2.75) is 37.5 Å². The van der Waals surface area contributed by atoms with Crippen molar-refractivity contribution in [1.82, 2.24) is 0 Å². The molecule has 0 rings (SSSR count). The van der Waals surface area contributed by atoms with Gasteiger partial charge in [-0.05, 0) is 26.0 Å². The Balaban J connectivity index is 5.72. The highest BCUT2D eigenvalue weighted by Gasteiger charge is 2.79. The molecule has 0 bridgehead atoms. The topological polar surface area (TPSA) is 0 Å². The highest BCUT2D eigenvalue weighted by Crippen LogP contribution is 2.53. The molecule has 0 radical (unpaired) electrons. The van der Waals surface area contributed by atoms with Gasteiger partial charge in [0.05, 0.1) is 0 Å². The summed E-state index contributed by atoms with van der Waals surface area (Å²) in [6.07, 6.45) is -0.352. The van der Waals surface area contributed by atoms with E-state index in [1.807, 2.05) is 0 Å². The highest BCUT2D eigenvalue weighted by molar-refractivity contribution is 5.15. The summed E-state index contributed by atoms with van der Waals surface area (Å²) in [6.45, 7) is 1.73. The van der Waals surface area contributed by atoms with E-state index in [0.29, 0.717) is 12.2 Å². The summed E-state index contributed by atoms with van der Waals surface area (Å²) in [5.74, 6) is -23.2. The smallest absolute Gasteiger partial charge is 0.195 e. The van der Waals surface area contributed by atoms with Gasteiger partial charge in [-0.1, -0.05) is 12.2 Å². The number of rotatable bonds is 5. The zero-order valence-electron chi connectivity index (χ0n) is 9.33. The van der Waals surface area contributed by atoms with Crippen molar-refractivity contribution < 1.29 is 35.1 Å². The summed E-state index contributed by atoms with van der Waals surface area (Å²) in [7, 11) is 0. The third kappa shape index (κ3) is 2.51. The van der Waals surface area contributed by atoms with Crippen molar-refractivity contribution in [3.63, 3.8) is 0 Å². The summed E-state index contributed by atoms with van der Waals surface area (Å²) >= 11 is 0. The molecule has 0 amide bonds. The standard InChI is InChI=1S/C10H10F8/c1-3-5-7(11,12)9(15,16)10(17,18)8(13,14)6-4-2/h3-6H,1-2H3. The van der Waals surface area contributed by atoms with E-state index in [-0.39, 0.29) is 0 Å². The maximum Gasteiger partial charge on any atom is 0.382 e. The van der Waals surface area contributed by atoms with Gasteiger partial charge in [-0.25, -0.2) is 0 Å². The van der Waals surface area contributed by atoms with Gasteiger partial charge in [-0.3, -0.25) is 0 Å². The lowest BCUT2D eigenvalue weighted by Crippen LogP contribution is -2.61. The van der Waals surface area contributed by atoms with Crippen molar-refractivity contribution in [2.75, 3.05) is 0 Å². The van der Waals surface area contributed by atoms with Gasteiger partial charge in [-0.2, -0.15) is 35.1 Å². The predicted molar refractivity (Wildman–Crippen MR) is 49.4 cm³/mol. The average Bonchev–Trinajstić information content (AvgIpc) is 2.16. The molecule has 0 aromatic heterocycles. The Hall–Kier alpha value is -1.08. The molecule has 0 spiro atoms. The number of allylic oxidation sites excluding steroid dienone is 4. The monoisotopic (exact) mass is 282 g/mol. The minimum Gasteiger partial charge on any atom is -0.195 e. The second-order valence-corrected chi connectivity index (χ2v) is 3.39. The lowest BCUT2D eigenvalue weighted by molar-refractivity contribution is -0.344. The van der Waals surface area contributed by atoms with Gasteiger partial charge in [0.15, 0.2) is 0 Å². The van der Waals surface area contributed by atoms with Crippen LogP contribution < -0.4 is 0 Å². The second-order valence-electron chi connectivity index (χ2n) is 3.39. The molecule has 0 heterocycles. The van der Waals surface area contributed by atoms with Crippen LogP contribution in [0.15, 0.2) is 24.3 Å². The molecule has 0 aliphatic rings. The van der Waals surface area contributed by atoms with Gasteiger partial charge in [0.2, 0.25) is 0 Å². The van der Waals surface area contributed by atoms with E-state index >= 15 is 0 Å². The van der Waals surface area contributed by atoms with Crippen LogP contribution in [0.4, 0.5) is 35.1 Å². The minimum atomic E-state index is -6.23. The van der Waals surface area contributed by atoms with Crippen LogP contribution in [0.3, 0.4) is 0 Å². The number of hydrogen-bond donors (Lipinski definition) is 0. The molecule has 0 aromatic carbocycles. The third-order valence-electron chi connectivity index (χ3n) is 1.98. The fraction of sp³-hybridized carbons (Fsp3) is 0.600. The van der Waals surface area contributed by atoms with E-state index in [1.165, 1.54) is 0 Å². The molecular formula is C10H10F8. The largest absolute Gasteiger partial charge is 0.382 e. The first-order valence-electron chi connectivity index (χ1n) is 4.66. The zero-order valence-corrected chi connectivity index (χ0v) is 9.33. The molecule has 18 heavy (non-hydrogen) atoms. The molecule has 0 aliphatic carbocycles. The van der Waals surface area contributed by atoms with Crippen molar-refractivity contribution in [3.8, 4) is 0 Å². The van der Waals surface area contributed by atoms with Crippen LogP contribution in [0.1, 0.15) is 13.8 Å². The van der Waals surface area contributed by atoms with Crippen LogP contribution in [0.2, 0.25) is 0 Å². The molecule has 0 aliphatic heterocycles. The van der Waals surface area contributed by atoms with E-state index in [0.717, 1.165) is 13.8 Å². The van der Waals surface area contributed by atoms with Gasteiger partial charge in [0.1, 0.15) is 0 Å². The molecule has 0 saturated heterocycles. The molecule has 8 heteroatoms. The van der Waals surface area contributed by atoms with Crippen molar-refractivity contribution >= 4 is 0 Å². The molecule has 0 nitrogen and oxygen atoms in total. The molecule has 0 saturated carbocycles. The van der Waals surface area contributed by atoms with Crippen LogP contribution in [-0.2, 0) is 0 Å². The minimum absolute atomic E-state index is 0.373. The van der Waals surface area contributed by atoms with E-state index < -0.39 is 35.8 Å². The Kier molecular flexibility index (Phi) is 4.60. The summed E-state index contributed by atoms with van der Waals surface area (Å²) in [4.78, 5) is 0. The molecule has 0 N–H and O–H groups in total. The number of halogens is 8. The first-order chi connectivity index (χ1) is 7.87. The summed E-state index contributed by atoms with van der Waals surface area (Å²) in [6, 6.07) is 0. The van der Waals surface area contributed by atoms with Gasteiger partial charge in [-0.15, -0.1) is 0 Å². The number of hydrogen-bond acceptors (Lipinski definition) is 0. The van der Waals surface area contributed by atoms with E-state index in [4.69, 9.17) is 0 Å². The van der Waals surface area contributed by atoms with Gasteiger partial charge in [0.25, 0.3) is 0 Å². The molecule has 106 valence electrons. The van der Waals surface area contributed by atoms with Gasteiger partial charge in [0, 0.05) is 0 Å². The lowest BCUT2D eigenvalue weighted by atomic mass is 9.98. The Morgan fingerprint density at radius 2 is 0.778 bits per heavy atom. The van der Waals surface area contributed by atoms with Crippen LogP contribution in [0, 0.1) is 0 Å². The van der Waals surface area contributed by atoms with E-state index in [1.54, 1.807) is 0 Å². The molecule has 0 unspecified atom stereocenters.